The number of hydrogen-bond donors (Lipinski definition) is 1. The molecule has 1 aromatic carbocycles. The monoisotopic (exact) mass is 361 g/mol. The van der Waals surface area contributed by atoms with Crippen LogP contribution in [-0.2, 0) is 19.5 Å². The number of fused-ring (bicyclic) bond motifs is 1. The van der Waals surface area contributed by atoms with Crippen LogP contribution in [0.5, 0.6) is 11.5 Å². The van der Waals surface area contributed by atoms with E-state index in [4.69, 9.17) is 21.1 Å². The molecule has 7 heteroatoms. The molecule has 6 nitrogen and oxygen atoms in total. The Balaban J connectivity index is 1.65. The zero-order valence-electron chi connectivity index (χ0n) is 14.2. The van der Waals surface area contributed by atoms with Crippen LogP contribution in [0.2, 0.25) is 5.15 Å². The molecule has 1 aliphatic heterocycles. The SMILES string of the molecule is COc1cc2c(cc1OC)CN(C(=O)NCc1ccc(Cl)nc1)CC2. The van der Waals surface area contributed by atoms with Crippen molar-refractivity contribution in [2.75, 3.05) is 20.8 Å². The van der Waals surface area contributed by atoms with Crippen LogP contribution in [0, 0.1) is 0 Å². The summed E-state index contributed by atoms with van der Waals surface area (Å²) in [6.07, 6.45) is 2.44. The zero-order valence-corrected chi connectivity index (χ0v) is 15.0. The Kier molecular flexibility index (Phi) is 5.28. The minimum Gasteiger partial charge on any atom is -0.493 e. The Morgan fingerprint density at radius 1 is 1.24 bits per heavy atom. The smallest absolute Gasteiger partial charge is 0.317 e. The summed E-state index contributed by atoms with van der Waals surface area (Å²) in [5.74, 6) is 1.39. The number of amides is 2. The van der Waals surface area contributed by atoms with Crippen LogP contribution in [0.25, 0.3) is 0 Å². The summed E-state index contributed by atoms with van der Waals surface area (Å²) in [7, 11) is 3.23. The third-order valence-corrected chi connectivity index (χ3v) is 4.46. The van der Waals surface area contributed by atoms with E-state index in [2.05, 4.69) is 10.3 Å². The predicted octanol–water partition coefficient (Wildman–Crippen LogP) is 3.02. The van der Waals surface area contributed by atoms with Crippen LogP contribution < -0.4 is 14.8 Å². The molecular formula is C18H20ClN3O3. The number of rotatable bonds is 4. The molecule has 2 aromatic rings. The number of benzene rings is 1. The standard InChI is InChI=1S/C18H20ClN3O3/c1-24-15-7-13-5-6-22(11-14(13)8-16(15)25-2)18(23)21-10-12-3-4-17(19)20-9-12/h3-4,7-9H,5-6,10-11H2,1-2H3,(H,21,23). The number of ether oxygens (including phenoxy) is 2. The van der Waals surface area contributed by atoms with E-state index in [1.807, 2.05) is 18.2 Å². The fourth-order valence-corrected chi connectivity index (χ4v) is 2.97. The Labute approximate surface area is 151 Å². The number of carbonyl (C=O) groups excluding carboxylic acids is 1. The van der Waals surface area contributed by atoms with E-state index < -0.39 is 0 Å². The molecular weight excluding hydrogens is 342 g/mol. The molecule has 0 saturated heterocycles. The van der Waals surface area contributed by atoms with Gasteiger partial charge in [0.05, 0.1) is 14.2 Å². The van der Waals surface area contributed by atoms with Crippen molar-refractivity contribution in [2.45, 2.75) is 19.5 Å². The molecule has 0 unspecified atom stereocenters. The lowest BCUT2D eigenvalue weighted by Gasteiger charge is -2.29. The van der Waals surface area contributed by atoms with Gasteiger partial charge in [0, 0.05) is 25.8 Å². The summed E-state index contributed by atoms with van der Waals surface area (Å²) in [5.41, 5.74) is 3.16. The molecule has 1 N–H and O–H groups in total. The molecule has 0 aliphatic carbocycles. The second-order valence-corrected chi connectivity index (χ2v) is 6.18. The quantitative estimate of drug-likeness (QED) is 0.850. The number of pyridine rings is 1. The summed E-state index contributed by atoms with van der Waals surface area (Å²) in [5, 5.41) is 3.36. The highest BCUT2D eigenvalue weighted by molar-refractivity contribution is 6.29. The minimum atomic E-state index is -0.101. The Bertz CT molecular complexity index is 765. The maximum atomic E-state index is 12.4. The molecule has 0 saturated carbocycles. The van der Waals surface area contributed by atoms with Crippen molar-refractivity contribution in [1.82, 2.24) is 15.2 Å². The van der Waals surface area contributed by atoms with Crippen LogP contribution >= 0.6 is 11.6 Å². The number of nitrogens with zero attached hydrogens (tertiary/aromatic N) is 2. The summed E-state index contributed by atoms with van der Waals surface area (Å²) >= 11 is 5.76. The molecule has 2 amide bonds. The lowest BCUT2D eigenvalue weighted by molar-refractivity contribution is 0.191. The van der Waals surface area contributed by atoms with Gasteiger partial charge in [0.2, 0.25) is 0 Å². The average Bonchev–Trinajstić information content (AvgIpc) is 2.65. The van der Waals surface area contributed by atoms with Crippen LogP contribution in [0.1, 0.15) is 16.7 Å². The molecule has 1 aliphatic rings. The topological polar surface area (TPSA) is 63.7 Å². The molecule has 3 rings (SSSR count). The molecule has 0 spiro atoms. The molecule has 0 atom stereocenters. The van der Waals surface area contributed by atoms with Gasteiger partial charge in [0.15, 0.2) is 11.5 Å². The highest BCUT2D eigenvalue weighted by Crippen LogP contribution is 2.33. The maximum absolute atomic E-state index is 12.4. The lowest BCUT2D eigenvalue weighted by Crippen LogP contribution is -2.42. The first-order chi connectivity index (χ1) is 12.1. The van der Waals surface area contributed by atoms with E-state index in [9.17, 15) is 4.79 Å². The number of halogens is 1. The van der Waals surface area contributed by atoms with Crippen molar-refractivity contribution in [3.05, 3.63) is 52.3 Å². The highest BCUT2D eigenvalue weighted by atomic mass is 35.5. The number of aromatic nitrogens is 1. The summed E-state index contributed by atoms with van der Waals surface area (Å²) in [6.45, 7) is 1.62. The summed E-state index contributed by atoms with van der Waals surface area (Å²) < 4.78 is 10.7. The van der Waals surface area contributed by atoms with Crippen LogP contribution in [0.3, 0.4) is 0 Å². The third kappa shape index (κ3) is 3.96. The lowest BCUT2D eigenvalue weighted by atomic mass is 9.99. The summed E-state index contributed by atoms with van der Waals surface area (Å²) in [4.78, 5) is 18.2. The van der Waals surface area contributed by atoms with E-state index >= 15 is 0 Å². The molecule has 0 fully saturated rings. The number of nitrogens with one attached hydrogen (secondary N) is 1. The fourth-order valence-electron chi connectivity index (χ4n) is 2.86. The molecule has 1 aromatic heterocycles. The fraction of sp³-hybridized carbons (Fsp3) is 0.333. The van der Waals surface area contributed by atoms with E-state index in [1.165, 1.54) is 5.56 Å². The van der Waals surface area contributed by atoms with Crippen LogP contribution in [0.15, 0.2) is 30.5 Å². The first-order valence-corrected chi connectivity index (χ1v) is 8.35. The first kappa shape index (κ1) is 17.4. The highest BCUT2D eigenvalue weighted by Gasteiger charge is 2.22. The van der Waals surface area contributed by atoms with Crippen molar-refractivity contribution >= 4 is 17.6 Å². The number of urea groups is 1. The normalized spacial score (nSPS) is 13.2. The first-order valence-electron chi connectivity index (χ1n) is 7.97. The Hall–Kier alpha value is -2.47. The van der Waals surface area contributed by atoms with E-state index in [1.54, 1.807) is 31.4 Å². The molecule has 132 valence electrons. The maximum Gasteiger partial charge on any atom is 0.317 e. The van der Waals surface area contributed by atoms with Gasteiger partial charge in [-0.05, 0) is 41.3 Å². The van der Waals surface area contributed by atoms with Crippen molar-refractivity contribution in [3.63, 3.8) is 0 Å². The molecule has 2 heterocycles. The largest absolute Gasteiger partial charge is 0.493 e. The molecule has 25 heavy (non-hydrogen) atoms. The van der Waals surface area contributed by atoms with Gasteiger partial charge in [-0.15, -0.1) is 0 Å². The molecule has 0 bridgehead atoms. The van der Waals surface area contributed by atoms with Gasteiger partial charge in [0.1, 0.15) is 5.15 Å². The Morgan fingerprint density at radius 3 is 2.60 bits per heavy atom. The van der Waals surface area contributed by atoms with Crippen molar-refractivity contribution < 1.29 is 14.3 Å². The average molecular weight is 362 g/mol. The van der Waals surface area contributed by atoms with Gasteiger partial charge in [-0.2, -0.15) is 0 Å². The third-order valence-electron chi connectivity index (χ3n) is 4.24. The van der Waals surface area contributed by atoms with Crippen molar-refractivity contribution in [2.24, 2.45) is 0 Å². The van der Waals surface area contributed by atoms with Crippen LogP contribution in [-0.4, -0.2) is 36.7 Å². The van der Waals surface area contributed by atoms with Gasteiger partial charge in [-0.3, -0.25) is 0 Å². The van der Waals surface area contributed by atoms with Crippen molar-refractivity contribution in [1.29, 1.82) is 0 Å². The second-order valence-electron chi connectivity index (χ2n) is 5.80. The molecule has 0 radical (unpaired) electrons. The number of carbonyl (C=O) groups is 1. The van der Waals surface area contributed by atoms with Gasteiger partial charge in [-0.25, -0.2) is 9.78 Å². The predicted molar refractivity (Wildman–Crippen MR) is 95.1 cm³/mol. The Morgan fingerprint density at radius 2 is 1.96 bits per heavy atom. The van der Waals surface area contributed by atoms with Gasteiger partial charge < -0.3 is 19.7 Å². The van der Waals surface area contributed by atoms with E-state index in [0.29, 0.717) is 30.5 Å². The number of hydrogen-bond acceptors (Lipinski definition) is 4. The summed E-state index contributed by atoms with van der Waals surface area (Å²) in [6, 6.07) is 7.38. The number of methoxy groups -OCH3 is 2. The zero-order chi connectivity index (χ0) is 17.8. The van der Waals surface area contributed by atoms with Gasteiger partial charge in [-0.1, -0.05) is 17.7 Å². The van der Waals surface area contributed by atoms with E-state index in [0.717, 1.165) is 23.3 Å². The minimum absolute atomic E-state index is 0.101. The van der Waals surface area contributed by atoms with Crippen molar-refractivity contribution in [3.8, 4) is 11.5 Å². The van der Waals surface area contributed by atoms with Gasteiger partial charge in [0.25, 0.3) is 0 Å². The van der Waals surface area contributed by atoms with Gasteiger partial charge >= 0.3 is 6.03 Å². The van der Waals surface area contributed by atoms with Crippen LogP contribution in [0.4, 0.5) is 4.79 Å². The van der Waals surface area contributed by atoms with E-state index in [-0.39, 0.29) is 6.03 Å². The second kappa shape index (κ2) is 7.61.